The molecule has 0 aliphatic carbocycles. The summed E-state index contributed by atoms with van der Waals surface area (Å²) in [5.74, 6) is 1.05. The highest BCUT2D eigenvalue weighted by atomic mass is 32.2. The van der Waals surface area contributed by atoms with E-state index in [0.29, 0.717) is 6.61 Å². The average molecular weight is 308 g/mol. The molecule has 0 aromatic rings. The van der Waals surface area contributed by atoms with Gasteiger partial charge in [-0.05, 0) is 12.2 Å². The highest BCUT2D eigenvalue weighted by Gasteiger charge is 2.46. The van der Waals surface area contributed by atoms with Crippen LogP contribution in [0.1, 0.15) is 19.8 Å². The fraction of sp³-hybridized carbons (Fsp3) is 1.00. The Morgan fingerprint density at radius 2 is 1.60 bits per heavy atom. The van der Waals surface area contributed by atoms with Gasteiger partial charge >= 0.3 is 0 Å². The van der Waals surface area contributed by atoms with Crippen molar-refractivity contribution in [2.45, 2.75) is 49.6 Å². The number of thioether (sulfide) groups is 1. The van der Waals surface area contributed by atoms with Crippen LogP contribution in [0.15, 0.2) is 0 Å². The molecule has 20 heavy (non-hydrogen) atoms. The molecule has 5 nitrogen and oxygen atoms in total. The maximum Gasteiger partial charge on any atom is 0.132 e. The van der Waals surface area contributed by atoms with Crippen molar-refractivity contribution in [1.82, 2.24) is 0 Å². The Morgan fingerprint density at radius 3 is 2.10 bits per heavy atom. The molecule has 5 atom stereocenters. The van der Waals surface area contributed by atoms with Gasteiger partial charge in [0.1, 0.15) is 29.9 Å². The first kappa shape index (κ1) is 18.2. The topological polar surface area (TPSA) is 46.2 Å². The molecule has 0 radical (unpaired) electrons. The minimum Gasteiger partial charge on any atom is -0.382 e. The maximum absolute atomic E-state index is 6.12. The van der Waals surface area contributed by atoms with Gasteiger partial charge in [-0.25, -0.2) is 0 Å². The molecule has 0 spiro atoms. The molecule has 6 heteroatoms. The zero-order valence-electron chi connectivity index (χ0n) is 13.2. The van der Waals surface area contributed by atoms with Crippen LogP contribution < -0.4 is 0 Å². The molecule has 0 unspecified atom stereocenters. The molecular formula is C14H28O5S. The second kappa shape index (κ2) is 9.97. The predicted molar refractivity (Wildman–Crippen MR) is 80.3 cm³/mol. The Labute approximate surface area is 126 Å². The maximum atomic E-state index is 6.12. The normalized spacial score (nSPS) is 34.4. The van der Waals surface area contributed by atoms with Gasteiger partial charge in [0.15, 0.2) is 0 Å². The quantitative estimate of drug-likeness (QED) is 0.607. The molecule has 0 aromatic carbocycles. The Balaban J connectivity index is 2.77. The first-order valence-electron chi connectivity index (χ1n) is 7.07. The van der Waals surface area contributed by atoms with Crippen LogP contribution in [-0.4, -0.2) is 70.7 Å². The first-order chi connectivity index (χ1) is 9.73. The smallest absolute Gasteiger partial charge is 0.132 e. The van der Waals surface area contributed by atoms with E-state index in [0.717, 1.165) is 5.75 Å². The third kappa shape index (κ3) is 4.58. The highest BCUT2D eigenvalue weighted by molar-refractivity contribution is 7.99. The van der Waals surface area contributed by atoms with Gasteiger partial charge in [-0.1, -0.05) is 13.3 Å². The summed E-state index contributed by atoms with van der Waals surface area (Å²) in [5, 5.41) is 0. The summed E-state index contributed by atoms with van der Waals surface area (Å²) in [5.41, 5.74) is -0.0527. The molecule has 1 heterocycles. The number of rotatable bonds is 9. The standard InChI is InChI=1S/C14H28O5S/c1-6-7-8-20-14-13(18-5)12(17-4)11(16-3)10(19-14)9-15-2/h10-14H,6-9H2,1-5H3/t10-,11-,12+,13+,14-/m1/s1. The van der Waals surface area contributed by atoms with Crippen LogP contribution in [0, 0.1) is 0 Å². The molecule has 1 fully saturated rings. The van der Waals surface area contributed by atoms with Crippen molar-refractivity contribution in [2.24, 2.45) is 0 Å². The van der Waals surface area contributed by atoms with E-state index in [1.165, 1.54) is 12.8 Å². The molecule has 120 valence electrons. The van der Waals surface area contributed by atoms with E-state index in [-0.39, 0.29) is 29.9 Å². The lowest BCUT2D eigenvalue weighted by molar-refractivity contribution is -0.229. The molecule has 0 amide bonds. The van der Waals surface area contributed by atoms with Gasteiger partial charge in [-0.2, -0.15) is 0 Å². The van der Waals surface area contributed by atoms with Gasteiger partial charge in [0.2, 0.25) is 0 Å². The Morgan fingerprint density at radius 1 is 0.950 bits per heavy atom. The third-order valence-electron chi connectivity index (χ3n) is 3.52. The predicted octanol–water partition coefficient (Wildman–Crippen LogP) is 1.94. The summed E-state index contributed by atoms with van der Waals surface area (Å²) >= 11 is 1.78. The molecule has 0 saturated carbocycles. The first-order valence-corrected chi connectivity index (χ1v) is 8.12. The van der Waals surface area contributed by atoms with Crippen molar-refractivity contribution in [3.8, 4) is 0 Å². The second-order valence-electron chi connectivity index (χ2n) is 4.82. The number of unbranched alkanes of at least 4 members (excludes halogenated alkanes) is 1. The van der Waals surface area contributed by atoms with E-state index in [1.54, 1.807) is 40.2 Å². The third-order valence-corrected chi connectivity index (χ3v) is 4.75. The SMILES string of the molecule is CCCCS[C@H]1O[C@H](COC)[C@@H](OC)[C@H](OC)[C@@H]1OC. The van der Waals surface area contributed by atoms with Crippen LogP contribution in [-0.2, 0) is 23.7 Å². The fourth-order valence-corrected chi connectivity index (χ4v) is 3.82. The largest absolute Gasteiger partial charge is 0.382 e. The van der Waals surface area contributed by atoms with Crippen molar-refractivity contribution < 1.29 is 23.7 Å². The van der Waals surface area contributed by atoms with Crippen LogP contribution >= 0.6 is 11.8 Å². The number of methoxy groups -OCH3 is 4. The molecule has 0 bridgehead atoms. The summed E-state index contributed by atoms with van der Waals surface area (Å²) in [4.78, 5) is 0. The van der Waals surface area contributed by atoms with Gasteiger partial charge < -0.3 is 23.7 Å². The van der Waals surface area contributed by atoms with E-state index in [1.807, 2.05) is 0 Å². The lowest BCUT2D eigenvalue weighted by Gasteiger charge is -2.44. The molecule has 0 N–H and O–H groups in total. The molecule has 1 aliphatic heterocycles. The number of hydrogen-bond donors (Lipinski definition) is 0. The van der Waals surface area contributed by atoms with Crippen molar-refractivity contribution >= 4 is 11.8 Å². The van der Waals surface area contributed by atoms with Crippen LogP contribution in [0.5, 0.6) is 0 Å². The number of ether oxygens (including phenoxy) is 5. The van der Waals surface area contributed by atoms with Crippen LogP contribution in [0.25, 0.3) is 0 Å². The Kier molecular flexibility index (Phi) is 9.08. The van der Waals surface area contributed by atoms with Crippen LogP contribution in [0.2, 0.25) is 0 Å². The molecule has 0 aromatic heterocycles. The summed E-state index contributed by atoms with van der Waals surface area (Å²) in [6, 6.07) is 0. The lowest BCUT2D eigenvalue weighted by atomic mass is 9.99. The van der Waals surface area contributed by atoms with Crippen molar-refractivity contribution in [3.05, 3.63) is 0 Å². The molecule has 1 saturated heterocycles. The van der Waals surface area contributed by atoms with Gasteiger partial charge in [0.25, 0.3) is 0 Å². The fourth-order valence-electron chi connectivity index (χ4n) is 2.46. The Hall–Kier alpha value is 0.150. The molecule has 1 aliphatic rings. The van der Waals surface area contributed by atoms with E-state index >= 15 is 0 Å². The van der Waals surface area contributed by atoms with Gasteiger partial charge in [0, 0.05) is 28.4 Å². The number of hydrogen-bond acceptors (Lipinski definition) is 6. The molecular weight excluding hydrogens is 280 g/mol. The summed E-state index contributed by atoms with van der Waals surface area (Å²) < 4.78 is 28.1. The summed E-state index contributed by atoms with van der Waals surface area (Å²) in [7, 11) is 6.71. The van der Waals surface area contributed by atoms with Crippen LogP contribution in [0.3, 0.4) is 0 Å². The van der Waals surface area contributed by atoms with E-state index in [4.69, 9.17) is 23.7 Å². The van der Waals surface area contributed by atoms with E-state index in [2.05, 4.69) is 6.92 Å². The van der Waals surface area contributed by atoms with Gasteiger partial charge in [-0.3, -0.25) is 0 Å². The van der Waals surface area contributed by atoms with Gasteiger partial charge in [0.05, 0.1) is 6.61 Å². The monoisotopic (exact) mass is 308 g/mol. The zero-order valence-corrected chi connectivity index (χ0v) is 14.0. The van der Waals surface area contributed by atoms with E-state index in [9.17, 15) is 0 Å². The minimum atomic E-state index is -0.187. The zero-order chi connectivity index (χ0) is 15.0. The minimum absolute atomic E-state index is 0.0527. The van der Waals surface area contributed by atoms with Gasteiger partial charge in [-0.15, -0.1) is 11.8 Å². The average Bonchev–Trinajstić information content (AvgIpc) is 2.47. The summed E-state index contributed by atoms with van der Waals surface area (Å²) in [6.07, 6.45) is 1.72. The molecule has 1 rings (SSSR count). The van der Waals surface area contributed by atoms with Crippen molar-refractivity contribution in [3.63, 3.8) is 0 Å². The lowest BCUT2D eigenvalue weighted by Crippen LogP contribution is -2.59. The van der Waals surface area contributed by atoms with Crippen molar-refractivity contribution in [2.75, 3.05) is 40.8 Å². The second-order valence-corrected chi connectivity index (χ2v) is 6.03. The van der Waals surface area contributed by atoms with E-state index < -0.39 is 0 Å². The van der Waals surface area contributed by atoms with Crippen LogP contribution in [0.4, 0.5) is 0 Å². The summed E-state index contributed by atoms with van der Waals surface area (Å²) in [6.45, 7) is 2.67. The van der Waals surface area contributed by atoms with Crippen molar-refractivity contribution in [1.29, 1.82) is 0 Å². The highest BCUT2D eigenvalue weighted by Crippen LogP contribution is 2.33. The Bertz CT molecular complexity index is 254.